The van der Waals surface area contributed by atoms with Gasteiger partial charge in [-0.15, -0.1) is 0 Å². The molecule has 29 heavy (non-hydrogen) atoms. The molecule has 0 aliphatic carbocycles. The van der Waals surface area contributed by atoms with E-state index < -0.39 is 0 Å². The molecule has 3 aromatic rings. The molecule has 2 aromatic carbocycles. The first-order valence-electron chi connectivity index (χ1n) is 9.44. The van der Waals surface area contributed by atoms with E-state index in [1.54, 1.807) is 22.7 Å². The summed E-state index contributed by atoms with van der Waals surface area (Å²) in [5, 5.41) is 7.09. The molecule has 1 saturated heterocycles. The van der Waals surface area contributed by atoms with Gasteiger partial charge in [0, 0.05) is 31.4 Å². The summed E-state index contributed by atoms with van der Waals surface area (Å²) in [6.45, 7) is 2.31. The van der Waals surface area contributed by atoms with Crippen LogP contribution in [0.25, 0.3) is 0 Å². The van der Waals surface area contributed by atoms with Gasteiger partial charge < -0.3 is 15.0 Å². The fourth-order valence-electron chi connectivity index (χ4n) is 3.30. The number of benzene rings is 2. The van der Waals surface area contributed by atoms with Crippen LogP contribution in [0.4, 0.5) is 5.69 Å². The van der Waals surface area contributed by atoms with E-state index in [1.165, 1.54) is 0 Å². The van der Waals surface area contributed by atoms with Gasteiger partial charge in [-0.05, 0) is 49.4 Å². The van der Waals surface area contributed by atoms with Crippen molar-refractivity contribution in [2.45, 2.75) is 19.4 Å². The molecule has 0 radical (unpaired) electrons. The number of aryl methyl sites for hydroxylation is 2. The Hall–Kier alpha value is -3.61. The molecule has 0 unspecified atom stereocenters. The quantitative estimate of drug-likeness (QED) is 0.726. The predicted octanol–water partition coefficient (Wildman–Crippen LogP) is 3.06. The van der Waals surface area contributed by atoms with Crippen molar-refractivity contribution in [1.82, 2.24) is 15.1 Å². The zero-order valence-electron chi connectivity index (χ0n) is 16.3. The molecule has 4 rings (SSSR count). The highest BCUT2D eigenvalue weighted by Crippen LogP contribution is 2.27. The molecule has 1 fully saturated rings. The van der Waals surface area contributed by atoms with Crippen LogP contribution >= 0.6 is 0 Å². The van der Waals surface area contributed by atoms with Gasteiger partial charge in [-0.3, -0.25) is 14.3 Å². The molecule has 1 aromatic heterocycles. The maximum absolute atomic E-state index is 12.5. The molecule has 2 amide bonds. The van der Waals surface area contributed by atoms with Crippen LogP contribution in [0.15, 0.2) is 60.7 Å². The van der Waals surface area contributed by atoms with Crippen molar-refractivity contribution in [3.8, 4) is 11.5 Å². The summed E-state index contributed by atoms with van der Waals surface area (Å²) >= 11 is 0. The van der Waals surface area contributed by atoms with Crippen molar-refractivity contribution in [2.75, 3.05) is 11.4 Å². The van der Waals surface area contributed by atoms with Gasteiger partial charge >= 0.3 is 0 Å². The number of hydrogen-bond donors (Lipinski definition) is 1. The van der Waals surface area contributed by atoms with Crippen LogP contribution in [0.2, 0.25) is 0 Å². The van der Waals surface area contributed by atoms with Crippen LogP contribution in [-0.2, 0) is 11.8 Å². The van der Waals surface area contributed by atoms with Crippen molar-refractivity contribution >= 4 is 17.5 Å². The van der Waals surface area contributed by atoms with Crippen LogP contribution in [0.3, 0.4) is 0 Å². The normalized spacial score (nSPS) is 16.1. The lowest BCUT2D eigenvalue weighted by atomic mass is 10.2. The molecule has 1 aliphatic rings. The van der Waals surface area contributed by atoms with E-state index in [4.69, 9.17) is 4.74 Å². The summed E-state index contributed by atoms with van der Waals surface area (Å²) in [7, 11) is 1.79. The highest BCUT2D eigenvalue weighted by atomic mass is 16.5. The maximum atomic E-state index is 12.5. The average Bonchev–Trinajstić information content (AvgIpc) is 3.25. The maximum Gasteiger partial charge on any atom is 0.272 e. The van der Waals surface area contributed by atoms with E-state index in [0.29, 0.717) is 18.0 Å². The first kappa shape index (κ1) is 18.7. The van der Waals surface area contributed by atoms with Gasteiger partial charge in [-0.25, -0.2) is 0 Å². The molecule has 7 nitrogen and oxygen atoms in total. The van der Waals surface area contributed by atoms with E-state index in [0.717, 1.165) is 17.1 Å². The Balaban J connectivity index is 1.39. The van der Waals surface area contributed by atoms with Gasteiger partial charge in [-0.2, -0.15) is 5.10 Å². The predicted molar refractivity (Wildman–Crippen MR) is 109 cm³/mol. The lowest BCUT2D eigenvalue weighted by Gasteiger charge is -2.17. The monoisotopic (exact) mass is 390 g/mol. The fourth-order valence-corrected chi connectivity index (χ4v) is 3.30. The Morgan fingerprint density at radius 3 is 2.45 bits per heavy atom. The van der Waals surface area contributed by atoms with Gasteiger partial charge in [0.2, 0.25) is 5.91 Å². The summed E-state index contributed by atoms with van der Waals surface area (Å²) in [4.78, 5) is 26.5. The van der Waals surface area contributed by atoms with E-state index in [9.17, 15) is 9.59 Å². The number of para-hydroxylation sites is 1. The lowest BCUT2D eigenvalue weighted by molar-refractivity contribution is -0.117. The first-order valence-corrected chi connectivity index (χ1v) is 9.44. The van der Waals surface area contributed by atoms with Gasteiger partial charge in [0.05, 0.1) is 6.04 Å². The minimum Gasteiger partial charge on any atom is -0.457 e. The van der Waals surface area contributed by atoms with Gasteiger partial charge in [0.1, 0.15) is 17.2 Å². The Morgan fingerprint density at radius 2 is 1.79 bits per heavy atom. The molecule has 148 valence electrons. The second kappa shape index (κ2) is 7.79. The van der Waals surface area contributed by atoms with E-state index >= 15 is 0 Å². The van der Waals surface area contributed by atoms with E-state index in [-0.39, 0.29) is 24.3 Å². The molecule has 7 heteroatoms. The van der Waals surface area contributed by atoms with Crippen LogP contribution < -0.4 is 15.0 Å². The molecule has 1 atom stereocenters. The largest absolute Gasteiger partial charge is 0.457 e. The van der Waals surface area contributed by atoms with Crippen molar-refractivity contribution in [2.24, 2.45) is 7.05 Å². The summed E-state index contributed by atoms with van der Waals surface area (Å²) in [6, 6.07) is 18.4. The summed E-state index contributed by atoms with van der Waals surface area (Å²) < 4.78 is 7.44. The number of aromatic nitrogens is 2. The first-order chi connectivity index (χ1) is 14.0. The lowest BCUT2D eigenvalue weighted by Crippen LogP contribution is -2.37. The number of hydrogen-bond acceptors (Lipinski definition) is 4. The third-order valence-electron chi connectivity index (χ3n) is 4.93. The summed E-state index contributed by atoms with van der Waals surface area (Å²) in [5.41, 5.74) is 2.04. The Bertz CT molecular complexity index is 1010. The van der Waals surface area contributed by atoms with Crippen molar-refractivity contribution in [3.05, 3.63) is 72.1 Å². The number of anilines is 1. The van der Waals surface area contributed by atoms with Crippen molar-refractivity contribution in [1.29, 1.82) is 0 Å². The Morgan fingerprint density at radius 1 is 1.10 bits per heavy atom. The van der Waals surface area contributed by atoms with Crippen LogP contribution in [0, 0.1) is 6.92 Å². The Labute approximate surface area is 168 Å². The molecule has 2 heterocycles. The van der Waals surface area contributed by atoms with Crippen LogP contribution in [-0.4, -0.2) is 34.2 Å². The third-order valence-corrected chi connectivity index (χ3v) is 4.93. The highest BCUT2D eigenvalue weighted by Gasteiger charge is 2.32. The second-order valence-corrected chi connectivity index (χ2v) is 7.08. The number of nitrogens with zero attached hydrogens (tertiary/aromatic N) is 3. The average molecular weight is 390 g/mol. The molecule has 0 spiro atoms. The van der Waals surface area contributed by atoms with Gasteiger partial charge in [-0.1, -0.05) is 18.2 Å². The summed E-state index contributed by atoms with van der Waals surface area (Å²) in [5.74, 6) is 1.16. The third kappa shape index (κ3) is 4.13. The molecular weight excluding hydrogens is 368 g/mol. The number of amides is 2. The van der Waals surface area contributed by atoms with Crippen molar-refractivity contribution < 1.29 is 14.3 Å². The minimum absolute atomic E-state index is 0.0239. The van der Waals surface area contributed by atoms with Gasteiger partial charge in [0.15, 0.2) is 0 Å². The number of carbonyl (C=O) groups excluding carboxylic acids is 2. The fraction of sp³-hybridized carbons (Fsp3) is 0.227. The highest BCUT2D eigenvalue weighted by molar-refractivity contribution is 5.98. The zero-order chi connectivity index (χ0) is 20.4. The second-order valence-electron chi connectivity index (χ2n) is 7.08. The SMILES string of the molecule is Cc1cc(C(=O)N[C@H]2CC(=O)N(c3ccc(Oc4ccccc4)cc3)C2)nn1C. The van der Waals surface area contributed by atoms with Crippen molar-refractivity contribution in [3.63, 3.8) is 0 Å². The Kier molecular flexibility index (Phi) is 5.03. The van der Waals surface area contributed by atoms with Crippen LogP contribution in [0.5, 0.6) is 11.5 Å². The van der Waals surface area contributed by atoms with E-state index in [2.05, 4.69) is 10.4 Å². The van der Waals surface area contributed by atoms with Crippen LogP contribution in [0.1, 0.15) is 22.6 Å². The van der Waals surface area contributed by atoms with E-state index in [1.807, 2.05) is 61.5 Å². The topological polar surface area (TPSA) is 76.5 Å². The standard InChI is InChI=1S/C22H22N4O3/c1-15-12-20(24-25(15)2)22(28)23-16-13-21(27)26(14-16)17-8-10-19(11-9-17)29-18-6-4-3-5-7-18/h3-12,16H,13-14H2,1-2H3,(H,23,28)/t16-/m0/s1. The zero-order valence-corrected chi connectivity index (χ0v) is 16.3. The molecule has 0 saturated carbocycles. The number of rotatable bonds is 5. The smallest absolute Gasteiger partial charge is 0.272 e. The number of carbonyl (C=O) groups is 2. The molecule has 1 N–H and O–H groups in total. The summed E-state index contributed by atoms with van der Waals surface area (Å²) in [6.07, 6.45) is 0.264. The molecule has 0 bridgehead atoms. The molecule has 1 aliphatic heterocycles. The minimum atomic E-state index is -0.264. The van der Waals surface area contributed by atoms with Gasteiger partial charge in [0.25, 0.3) is 5.91 Å². The number of ether oxygens (including phenoxy) is 1. The molecular formula is C22H22N4O3. The number of nitrogens with one attached hydrogen (secondary N) is 1.